The molecule has 0 bridgehead atoms. The van der Waals surface area contributed by atoms with Crippen LogP contribution in [-0.2, 0) is 0 Å². The average molecular weight is 541 g/mol. The maximum atomic E-state index is 13.9. The number of hydrogen-bond donors (Lipinski definition) is 0. The van der Waals surface area contributed by atoms with Crippen molar-refractivity contribution >= 4 is 29.1 Å². The van der Waals surface area contributed by atoms with Gasteiger partial charge < -0.3 is 9.80 Å². The number of para-hydroxylation sites is 1. The standard InChI is InChI=1S/C34H37ClN2O2/c1-7-9-13-31(8-2)36(33(38)28-17-15-24(3)16-18-28)26(5)23-27(6)37(32-14-11-10-12-25(32)4)34(39)29-19-21-30(35)22-20-29/h7-22,26-27H,2,23H2,1,3-6H3/b9-7-,31-13+. The Morgan fingerprint density at radius 1 is 0.872 bits per heavy atom. The Balaban J connectivity index is 2.02. The third-order valence-electron chi connectivity index (χ3n) is 6.71. The minimum absolute atomic E-state index is 0.114. The Hall–Kier alpha value is -3.89. The molecule has 0 aromatic heterocycles. The first-order valence-electron chi connectivity index (χ1n) is 13.2. The predicted molar refractivity (Wildman–Crippen MR) is 163 cm³/mol. The highest BCUT2D eigenvalue weighted by Crippen LogP contribution is 2.28. The van der Waals surface area contributed by atoms with E-state index in [0.29, 0.717) is 28.3 Å². The van der Waals surface area contributed by atoms with E-state index >= 15 is 0 Å². The van der Waals surface area contributed by atoms with Gasteiger partial charge in [0, 0.05) is 39.6 Å². The number of anilines is 1. The van der Waals surface area contributed by atoms with E-state index in [4.69, 9.17) is 11.6 Å². The molecule has 0 saturated heterocycles. The quantitative estimate of drug-likeness (QED) is 0.242. The van der Waals surface area contributed by atoms with Gasteiger partial charge in [-0.2, -0.15) is 0 Å². The Morgan fingerprint density at radius 2 is 1.46 bits per heavy atom. The highest BCUT2D eigenvalue weighted by molar-refractivity contribution is 6.30. The number of hydrogen-bond acceptors (Lipinski definition) is 2. The molecule has 3 aromatic rings. The van der Waals surface area contributed by atoms with Crippen molar-refractivity contribution in [3.05, 3.63) is 137 Å². The number of rotatable bonds is 10. The SMILES string of the molecule is C=C/C(=C\C=C/C)N(C(=O)c1ccc(C)cc1)C(C)CC(C)N(C(=O)c1ccc(Cl)cc1)c1ccccc1C. The minimum atomic E-state index is -0.243. The zero-order chi connectivity index (χ0) is 28.5. The highest BCUT2D eigenvalue weighted by Gasteiger charge is 2.30. The number of allylic oxidation sites excluding steroid dienone is 4. The van der Waals surface area contributed by atoms with E-state index < -0.39 is 0 Å². The number of halogens is 1. The molecule has 3 aromatic carbocycles. The lowest BCUT2D eigenvalue weighted by molar-refractivity contribution is 0.0753. The van der Waals surface area contributed by atoms with Gasteiger partial charge >= 0.3 is 0 Å². The van der Waals surface area contributed by atoms with Crippen molar-refractivity contribution in [2.24, 2.45) is 0 Å². The Bertz CT molecular complexity index is 1360. The topological polar surface area (TPSA) is 40.6 Å². The molecule has 2 atom stereocenters. The summed E-state index contributed by atoms with van der Waals surface area (Å²) >= 11 is 6.09. The summed E-state index contributed by atoms with van der Waals surface area (Å²) in [5.74, 6) is -0.234. The van der Waals surface area contributed by atoms with Crippen LogP contribution in [0.1, 0.15) is 59.0 Å². The molecule has 0 spiro atoms. The first-order chi connectivity index (χ1) is 18.7. The zero-order valence-corrected chi connectivity index (χ0v) is 24.2. The number of carbonyl (C=O) groups excluding carboxylic acids is 2. The van der Waals surface area contributed by atoms with Gasteiger partial charge in [0.2, 0.25) is 0 Å². The molecule has 0 N–H and O–H groups in total. The molecule has 3 rings (SSSR count). The van der Waals surface area contributed by atoms with Crippen molar-refractivity contribution in [1.82, 2.24) is 4.90 Å². The van der Waals surface area contributed by atoms with Crippen molar-refractivity contribution in [2.45, 2.75) is 53.1 Å². The van der Waals surface area contributed by atoms with Gasteiger partial charge in [-0.3, -0.25) is 9.59 Å². The molecule has 2 unspecified atom stereocenters. The molecule has 0 aliphatic rings. The summed E-state index contributed by atoms with van der Waals surface area (Å²) < 4.78 is 0. The lowest BCUT2D eigenvalue weighted by Crippen LogP contribution is -2.45. The average Bonchev–Trinajstić information content (AvgIpc) is 2.92. The van der Waals surface area contributed by atoms with Crippen LogP contribution in [0.25, 0.3) is 0 Å². The molecule has 0 fully saturated rings. The first-order valence-corrected chi connectivity index (χ1v) is 13.6. The van der Waals surface area contributed by atoms with E-state index in [9.17, 15) is 9.59 Å². The molecule has 202 valence electrons. The maximum Gasteiger partial charge on any atom is 0.258 e. The zero-order valence-electron chi connectivity index (χ0n) is 23.4. The molecule has 0 saturated carbocycles. The fourth-order valence-electron chi connectivity index (χ4n) is 4.67. The van der Waals surface area contributed by atoms with Crippen molar-refractivity contribution in [3.63, 3.8) is 0 Å². The normalized spacial score (nSPS) is 13.1. The van der Waals surface area contributed by atoms with Crippen molar-refractivity contribution in [1.29, 1.82) is 0 Å². The Morgan fingerprint density at radius 3 is 2.05 bits per heavy atom. The van der Waals surface area contributed by atoms with Gasteiger partial charge in [-0.15, -0.1) is 0 Å². The summed E-state index contributed by atoms with van der Waals surface area (Å²) in [5, 5.41) is 0.575. The van der Waals surface area contributed by atoms with E-state index in [1.807, 2.05) is 106 Å². The third kappa shape index (κ3) is 7.36. The fraction of sp³-hybridized carbons (Fsp3) is 0.235. The first kappa shape index (κ1) is 29.7. The van der Waals surface area contributed by atoms with Gasteiger partial charge in [-0.25, -0.2) is 0 Å². The van der Waals surface area contributed by atoms with Crippen LogP contribution in [-0.4, -0.2) is 28.8 Å². The predicted octanol–water partition coefficient (Wildman–Crippen LogP) is 8.56. The highest BCUT2D eigenvalue weighted by atomic mass is 35.5. The van der Waals surface area contributed by atoms with E-state index in [1.165, 1.54) is 0 Å². The summed E-state index contributed by atoms with van der Waals surface area (Å²) in [6.07, 6.45) is 7.93. The third-order valence-corrected chi connectivity index (χ3v) is 6.96. The number of benzene rings is 3. The van der Waals surface area contributed by atoms with E-state index in [-0.39, 0.29) is 23.9 Å². The van der Waals surface area contributed by atoms with Crippen LogP contribution in [0.15, 0.2) is 109 Å². The molecule has 0 heterocycles. The minimum Gasteiger partial charge on any atom is -0.306 e. The molecule has 4 nitrogen and oxygen atoms in total. The van der Waals surface area contributed by atoms with Crippen molar-refractivity contribution < 1.29 is 9.59 Å². The van der Waals surface area contributed by atoms with Crippen LogP contribution in [0.3, 0.4) is 0 Å². The van der Waals surface area contributed by atoms with Crippen LogP contribution >= 0.6 is 11.6 Å². The number of amides is 2. The summed E-state index contributed by atoms with van der Waals surface area (Å²) in [6, 6.07) is 21.9. The van der Waals surface area contributed by atoms with Gasteiger partial charge in [-0.05, 0) is 101 Å². The molecule has 2 amide bonds. The second-order valence-corrected chi connectivity index (χ2v) is 10.2. The van der Waals surface area contributed by atoms with Crippen LogP contribution < -0.4 is 4.90 Å². The lowest BCUT2D eigenvalue weighted by Gasteiger charge is -2.36. The van der Waals surface area contributed by atoms with Gasteiger partial charge in [-0.1, -0.05) is 66.2 Å². The molecular formula is C34H37ClN2O2. The Labute approximate surface area is 237 Å². The van der Waals surface area contributed by atoms with Crippen LogP contribution in [0, 0.1) is 13.8 Å². The number of carbonyl (C=O) groups is 2. The van der Waals surface area contributed by atoms with Crippen LogP contribution in [0.2, 0.25) is 5.02 Å². The van der Waals surface area contributed by atoms with E-state index in [2.05, 4.69) is 6.58 Å². The monoisotopic (exact) mass is 540 g/mol. The molecule has 5 heteroatoms. The van der Waals surface area contributed by atoms with Crippen LogP contribution in [0.4, 0.5) is 5.69 Å². The lowest BCUT2D eigenvalue weighted by atomic mass is 10.0. The summed E-state index contributed by atoms with van der Waals surface area (Å²) in [5.41, 5.74) is 4.76. The summed E-state index contributed by atoms with van der Waals surface area (Å²) in [4.78, 5) is 31.3. The molecule has 0 radical (unpaired) electrons. The van der Waals surface area contributed by atoms with Gasteiger partial charge in [0.15, 0.2) is 0 Å². The molecule has 39 heavy (non-hydrogen) atoms. The smallest absolute Gasteiger partial charge is 0.258 e. The summed E-state index contributed by atoms with van der Waals surface area (Å²) in [7, 11) is 0. The van der Waals surface area contributed by atoms with Crippen molar-refractivity contribution in [3.8, 4) is 0 Å². The number of nitrogens with zero attached hydrogens (tertiary/aromatic N) is 2. The summed E-state index contributed by atoms with van der Waals surface area (Å²) in [6.45, 7) is 13.9. The van der Waals surface area contributed by atoms with Crippen LogP contribution in [0.5, 0.6) is 0 Å². The Kier molecular flexibility index (Phi) is 10.5. The van der Waals surface area contributed by atoms with Gasteiger partial charge in [0.05, 0.1) is 0 Å². The largest absolute Gasteiger partial charge is 0.306 e. The van der Waals surface area contributed by atoms with E-state index in [1.54, 1.807) is 35.2 Å². The number of aryl methyl sites for hydroxylation is 2. The van der Waals surface area contributed by atoms with Gasteiger partial charge in [0.1, 0.15) is 0 Å². The molecular weight excluding hydrogens is 504 g/mol. The molecule has 0 aliphatic carbocycles. The fourth-order valence-corrected chi connectivity index (χ4v) is 4.79. The molecule has 0 aliphatic heterocycles. The van der Waals surface area contributed by atoms with Crippen molar-refractivity contribution in [2.75, 3.05) is 4.90 Å². The second kappa shape index (κ2) is 13.8. The van der Waals surface area contributed by atoms with Gasteiger partial charge in [0.25, 0.3) is 11.8 Å². The van der Waals surface area contributed by atoms with E-state index in [0.717, 1.165) is 16.8 Å². The maximum absolute atomic E-state index is 13.9. The second-order valence-electron chi connectivity index (χ2n) is 9.76.